The van der Waals surface area contributed by atoms with Gasteiger partial charge < -0.3 is 10.2 Å². The molecule has 116 valence electrons. The fourth-order valence-corrected chi connectivity index (χ4v) is 4.43. The van der Waals surface area contributed by atoms with Crippen LogP contribution in [0.5, 0.6) is 0 Å². The summed E-state index contributed by atoms with van der Waals surface area (Å²) in [5.74, 6) is 0.488. The van der Waals surface area contributed by atoms with Crippen LogP contribution in [0.2, 0.25) is 0 Å². The molecule has 1 fully saturated rings. The van der Waals surface area contributed by atoms with Gasteiger partial charge in [-0.25, -0.2) is 0 Å². The topological polar surface area (TPSA) is 44.7 Å². The molecule has 2 heterocycles. The van der Waals surface area contributed by atoms with Crippen LogP contribution in [-0.4, -0.2) is 17.6 Å². The summed E-state index contributed by atoms with van der Waals surface area (Å²) >= 11 is 0. The Hall–Kier alpha value is -1.84. The Balaban J connectivity index is 1.59. The summed E-state index contributed by atoms with van der Waals surface area (Å²) in [4.78, 5) is 13.9. The first-order valence-corrected chi connectivity index (χ1v) is 8.50. The third kappa shape index (κ3) is 2.21. The van der Waals surface area contributed by atoms with Crippen LogP contribution in [0.4, 0.5) is 0 Å². The number of nitrogens with zero attached hydrogens (tertiary/aromatic N) is 2. The van der Waals surface area contributed by atoms with Gasteiger partial charge in [0.25, 0.3) is 0 Å². The highest BCUT2D eigenvalue weighted by Gasteiger charge is 2.38. The van der Waals surface area contributed by atoms with E-state index in [0.29, 0.717) is 12.0 Å². The van der Waals surface area contributed by atoms with E-state index in [1.807, 2.05) is 0 Å². The molecular weight excluding hydrogens is 274 g/mol. The second-order valence-corrected chi connectivity index (χ2v) is 6.77. The van der Waals surface area contributed by atoms with Gasteiger partial charge >= 0.3 is 0 Å². The molecule has 1 aromatic rings. The Kier molecular flexibility index (Phi) is 3.60. The van der Waals surface area contributed by atoms with E-state index in [2.05, 4.69) is 45.9 Å². The number of nitroso groups, excluding NO2 is 1. The first kappa shape index (κ1) is 13.8. The molecular formula is C18H23N3O. The lowest BCUT2D eigenvalue weighted by molar-refractivity contribution is 0.234. The van der Waals surface area contributed by atoms with Crippen molar-refractivity contribution >= 4 is 5.70 Å². The number of hydrogen-bond acceptors (Lipinski definition) is 4. The maximum Gasteiger partial charge on any atom is 0.0970 e. The maximum atomic E-state index is 11.5. The van der Waals surface area contributed by atoms with Crippen LogP contribution in [-0.2, 0) is 0 Å². The monoisotopic (exact) mass is 297 g/mol. The third-order valence-corrected chi connectivity index (χ3v) is 5.58. The quantitative estimate of drug-likeness (QED) is 0.854. The van der Waals surface area contributed by atoms with Gasteiger partial charge in [0, 0.05) is 11.8 Å². The van der Waals surface area contributed by atoms with Gasteiger partial charge in [-0.2, -0.15) is 4.91 Å². The second-order valence-electron chi connectivity index (χ2n) is 6.77. The summed E-state index contributed by atoms with van der Waals surface area (Å²) in [5, 5.41) is 6.87. The minimum Gasteiger partial charge on any atom is -0.372 e. The highest BCUT2D eigenvalue weighted by atomic mass is 16.3. The molecule has 2 atom stereocenters. The van der Waals surface area contributed by atoms with Crippen LogP contribution in [0, 0.1) is 10.8 Å². The molecule has 2 aliphatic heterocycles. The number of nitrogens with one attached hydrogen (secondary N) is 1. The van der Waals surface area contributed by atoms with Crippen molar-refractivity contribution in [2.45, 2.75) is 50.6 Å². The molecule has 0 aromatic heterocycles. The summed E-state index contributed by atoms with van der Waals surface area (Å²) in [6.07, 6.45) is 9.13. The van der Waals surface area contributed by atoms with Gasteiger partial charge in [0.1, 0.15) is 0 Å². The fourth-order valence-electron chi connectivity index (χ4n) is 4.43. The molecule has 0 radical (unpaired) electrons. The molecule has 4 nitrogen and oxygen atoms in total. The van der Waals surface area contributed by atoms with E-state index < -0.39 is 0 Å². The normalized spacial score (nSPS) is 25.2. The highest BCUT2D eigenvalue weighted by molar-refractivity contribution is 5.73. The first-order chi connectivity index (χ1) is 10.9. The van der Waals surface area contributed by atoms with E-state index in [1.165, 1.54) is 48.9 Å². The van der Waals surface area contributed by atoms with E-state index in [9.17, 15) is 4.91 Å². The Morgan fingerprint density at radius 1 is 1.23 bits per heavy atom. The van der Waals surface area contributed by atoms with Gasteiger partial charge in [0.05, 0.1) is 24.4 Å². The average Bonchev–Trinajstić information content (AvgIpc) is 3.15. The molecule has 0 amide bonds. The zero-order valence-electron chi connectivity index (χ0n) is 12.9. The first-order valence-electron chi connectivity index (χ1n) is 8.50. The molecule has 0 spiro atoms. The van der Waals surface area contributed by atoms with Crippen LogP contribution in [0.1, 0.15) is 55.7 Å². The smallest absolute Gasteiger partial charge is 0.0970 e. The Morgan fingerprint density at radius 3 is 2.86 bits per heavy atom. The van der Waals surface area contributed by atoms with Crippen molar-refractivity contribution in [2.24, 2.45) is 11.1 Å². The van der Waals surface area contributed by atoms with Gasteiger partial charge in [-0.3, -0.25) is 0 Å². The SMILES string of the molecule is O=NC(CC1c2ccccc2C2=CNCN21)C1CCCCC1. The maximum absolute atomic E-state index is 11.5. The van der Waals surface area contributed by atoms with Crippen molar-refractivity contribution in [2.75, 3.05) is 6.67 Å². The van der Waals surface area contributed by atoms with Crippen LogP contribution in [0.3, 0.4) is 0 Å². The molecule has 2 unspecified atom stereocenters. The van der Waals surface area contributed by atoms with Crippen molar-refractivity contribution in [3.8, 4) is 0 Å². The Morgan fingerprint density at radius 2 is 2.05 bits per heavy atom. The number of benzene rings is 1. The summed E-state index contributed by atoms with van der Waals surface area (Å²) < 4.78 is 0. The Bertz CT molecular complexity index is 592. The molecule has 4 heteroatoms. The predicted molar refractivity (Wildman–Crippen MR) is 87.8 cm³/mol. The molecule has 3 aliphatic rings. The molecule has 1 saturated carbocycles. The minimum absolute atomic E-state index is 0.0432. The lowest BCUT2D eigenvalue weighted by atomic mass is 9.81. The molecule has 0 saturated heterocycles. The summed E-state index contributed by atoms with van der Waals surface area (Å²) in [7, 11) is 0. The van der Waals surface area contributed by atoms with Crippen LogP contribution >= 0.6 is 0 Å². The minimum atomic E-state index is -0.0432. The van der Waals surface area contributed by atoms with Crippen LogP contribution in [0.25, 0.3) is 5.70 Å². The van der Waals surface area contributed by atoms with Gasteiger partial charge in [-0.05, 0) is 30.7 Å². The van der Waals surface area contributed by atoms with E-state index in [-0.39, 0.29) is 6.04 Å². The van der Waals surface area contributed by atoms with Crippen molar-refractivity contribution in [1.82, 2.24) is 10.2 Å². The van der Waals surface area contributed by atoms with E-state index in [1.54, 1.807) is 0 Å². The number of fused-ring (bicyclic) bond motifs is 3. The molecule has 22 heavy (non-hydrogen) atoms. The standard InChI is InChI=1S/C18H23N3O/c22-20-16(13-6-2-1-3-7-13)10-17-14-8-4-5-9-15(14)18-11-19-12-21(17)18/h4-5,8-9,11,13,16-17,19H,1-3,6-7,10,12H2. The van der Waals surface area contributed by atoms with Crippen LogP contribution < -0.4 is 5.32 Å². The second kappa shape index (κ2) is 5.75. The van der Waals surface area contributed by atoms with E-state index in [0.717, 1.165) is 13.1 Å². The summed E-state index contributed by atoms with van der Waals surface area (Å²) in [6.45, 7) is 0.838. The molecule has 4 rings (SSSR count). The molecule has 1 N–H and O–H groups in total. The average molecular weight is 297 g/mol. The summed E-state index contributed by atoms with van der Waals surface area (Å²) in [5.41, 5.74) is 3.94. The lowest BCUT2D eigenvalue weighted by Crippen LogP contribution is -2.30. The van der Waals surface area contributed by atoms with Crippen molar-refractivity contribution < 1.29 is 0 Å². The van der Waals surface area contributed by atoms with Crippen molar-refractivity contribution in [3.05, 3.63) is 46.5 Å². The van der Waals surface area contributed by atoms with Gasteiger partial charge in [-0.1, -0.05) is 48.7 Å². The number of rotatable bonds is 4. The van der Waals surface area contributed by atoms with Gasteiger partial charge in [0.2, 0.25) is 0 Å². The molecule has 0 bridgehead atoms. The highest BCUT2D eigenvalue weighted by Crippen LogP contribution is 2.46. The van der Waals surface area contributed by atoms with Crippen LogP contribution in [0.15, 0.2) is 35.6 Å². The van der Waals surface area contributed by atoms with E-state index >= 15 is 0 Å². The van der Waals surface area contributed by atoms with Gasteiger partial charge in [0.15, 0.2) is 0 Å². The zero-order valence-corrected chi connectivity index (χ0v) is 12.9. The largest absolute Gasteiger partial charge is 0.372 e. The Labute approximate surface area is 131 Å². The fraction of sp³-hybridized carbons (Fsp3) is 0.556. The lowest BCUT2D eigenvalue weighted by Gasteiger charge is -2.30. The molecule has 1 aliphatic carbocycles. The number of hydrogen-bond donors (Lipinski definition) is 1. The van der Waals surface area contributed by atoms with E-state index in [4.69, 9.17) is 0 Å². The third-order valence-electron chi connectivity index (χ3n) is 5.58. The predicted octanol–water partition coefficient (Wildman–Crippen LogP) is 4.01. The summed E-state index contributed by atoms with van der Waals surface area (Å²) in [6, 6.07) is 8.84. The van der Waals surface area contributed by atoms with Crippen molar-refractivity contribution in [3.63, 3.8) is 0 Å². The van der Waals surface area contributed by atoms with Crippen molar-refractivity contribution in [1.29, 1.82) is 0 Å². The molecule has 1 aromatic carbocycles. The van der Waals surface area contributed by atoms with Gasteiger partial charge in [-0.15, -0.1) is 0 Å². The zero-order chi connectivity index (χ0) is 14.9.